The molecule has 0 aromatic heterocycles. The van der Waals surface area contributed by atoms with E-state index in [1.165, 1.54) is 6.07 Å². The number of methoxy groups -OCH3 is 2. The molecule has 0 fully saturated rings. The Kier molecular flexibility index (Phi) is 4.93. The maximum absolute atomic E-state index is 13.5. The summed E-state index contributed by atoms with van der Waals surface area (Å²) in [5.74, 6) is 0.793. The number of hydrogen-bond donors (Lipinski definition) is 0. The molecule has 0 aliphatic carbocycles. The molecule has 0 amide bonds. The lowest BCUT2D eigenvalue weighted by Gasteiger charge is -2.09. The summed E-state index contributed by atoms with van der Waals surface area (Å²) in [7, 11) is 3.10. The van der Waals surface area contributed by atoms with Crippen molar-refractivity contribution < 1.29 is 18.7 Å². The minimum atomic E-state index is -0.349. The first-order valence-electron chi connectivity index (χ1n) is 6.60. The molecule has 0 spiro atoms. The fourth-order valence-corrected chi connectivity index (χ4v) is 2.13. The van der Waals surface area contributed by atoms with Gasteiger partial charge in [0.05, 0.1) is 14.2 Å². The van der Waals surface area contributed by atoms with Crippen molar-refractivity contribution in [2.45, 2.75) is 12.8 Å². The number of Topliss-reactive ketones (excluding diaryl/α,β-unsaturated/α-hetero) is 1. The number of ketones is 1. The molecule has 0 aliphatic rings. The van der Waals surface area contributed by atoms with Gasteiger partial charge in [0.15, 0.2) is 11.5 Å². The van der Waals surface area contributed by atoms with E-state index in [2.05, 4.69) is 0 Å². The van der Waals surface area contributed by atoms with Crippen LogP contribution in [0.25, 0.3) is 0 Å². The monoisotopic (exact) mass is 288 g/mol. The molecule has 110 valence electrons. The van der Waals surface area contributed by atoms with E-state index in [0.29, 0.717) is 17.1 Å². The quantitative estimate of drug-likeness (QED) is 0.819. The van der Waals surface area contributed by atoms with E-state index in [1.54, 1.807) is 50.6 Å². The van der Waals surface area contributed by atoms with Crippen molar-refractivity contribution >= 4 is 5.78 Å². The Balaban J connectivity index is 2.08. The Morgan fingerprint density at radius 1 is 1.00 bits per heavy atom. The van der Waals surface area contributed by atoms with E-state index in [-0.39, 0.29) is 24.4 Å². The number of ether oxygens (including phenoxy) is 2. The third kappa shape index (κ3) is 3.81. The molecule has 0 aliphatic heterocycles. The molecule has 21 heavy (non-hydrogen) atoms. The van der Waals surface area contributed by atoms with Crippen LogP contribution in [0.5, 0.6) is 11.5 Å². The van der Waals surface area contributed by atoms with Gasteiger partial charge in [0.2, 0.25) is 0 Å². The van der Waals surface area contributed by atoms with E-state index >= 15 is 0 Å². The summed E-state index contributed by atoms with van der Waals surface area (Å²) in [5.41, 5.74) is 1.23. The predicted octanol–water partition coefficient (Wildman–Crippen LogP) is 3.20. The number of halogens is 1. The van der Waals surface area contributed by atoms with Crippen LogP contribution in [-0.4, -0.2) is 20.0 Å². The Morgan fingerprint density at radius 2 is 1.71 bits per heavy atom. The molecule has 0 bridgehead atoms. The number of carbonyl (C=O) groups excluding carboxylic acids is 1. The molecule has 2 rings (SSSR count). The summed E-state index contributed by atoms with van der Waals surface area (Å²) in [6.45, 7) is 0. The second-order valence-corrected chi connectivity index (χ2v) is 4.67. The van der Waals surface area contributed by atoms with Crippen molar-refractivity contribution in [2.24, 2.45) is 0 Å². The first-order chi connectivity index (χ1) is 10.1. The fourth-order valence-electron chi connectivity index (χ4n) is 2.13. The highest BCUT2D eigenvalue weighted by molar-refractivity contribution is 5.83. The summed E-state index contributed by atoms with van der Waals surface area (Å²) in [5, 5.41) is 0. The van der Waals surface area contributed by atoms with E-state index in [4.69, 9.17) is 9.47 Å². The molecule has 0 atom stereocenters. The average Bonchev–Trinajstić information content (AvgIpc) is 2.49. The van der Waals surface area contributed by atoms with Crippen LogP contribution in [0, 0.1) is 5.82 Å². The lowest BCUT2D eigenvalue weighted by Crippen LogP contribution is -2.08. The molecule has 0 saturated carbocycles. The normalized spacial score (nSPS) is 10.2. The Bertz CT molecular complexity index is 638. The van der Waals surface area contributed by atoms with Gasteiger partial charge in [-0.05, 0) is 29.3 Å². The average molecular weight is 288 g/mol. The fraction of sp³-hybridized carbons (Fsp3) is 0.235. The molecule has 2 aromatic rings. The van der Waals surface area contributed by atoms with E-state index < -0.39 is 0 Å². The summed E-state index contributed by atoms with van der Waals surface area (Å²) >= 11 is 0. The van der Waals surface area contributed by atoms with Crippen LogP contribution in [0.2, 0.25) is 0 Å². The third-order valence-electron chi connectivity index (χ3n) is 3.19. The summed E-state index contributed by atoms with van der Waals surface area (Å²) < 4.78 is 23.9. The van der Waals surface area contributed by atoms with Crippen molar-refractivity contribution in [1.29, 1.82) is 0 Å². The van der Waals surface area contributed by atoms with Crippen LogP contribution in [0.15, 0.2) is 42.5 Å². The van der Waals surface area contributed by atoms with E-state index in [0.717, 1.165) is 5.56 Å². The van der Waals surface area contributed by atoms with Crippen molar-refractivity contribution in [3.63, 3.8) is 0 Å². The molecule has 0 heterocycles. The zero-order chi connectivity index (χ0) is 15.2. The lowest BCUT2D eigenvalue weighted by molar-refractivity contribution is -0.117. The molecule has 0 N–H and O–H groups in total. The van der Waals surface area contributed by atoms with Crippen LogP contribution in [0.4, 0.5) is 4.39 Å². The molecular weight excluding hydrogens is 271 g/mol. The second kappa shape index (κ2) is 6.88. The van der Waals surface area contributed by atoms with Crippen LogP contribution in [0.3, 0.4) is 0 Å². The van der Waals surface area contributed by atoms with Gasteiger partial charge in [-0.1, -0.05) is 24.3 Å². The highest BCUT2D eigenvalue weighted by Gasteiger charge is 2.11. The van der Waals surface area contributed by atoms with Crippen molar-refractivity contribution in [3.8, 4) is 11.5 Å². The Hall–Kier alpha value is -2.36. The highest BCUT2D eigenvalue weighted by atomic mass is 19.1. The van der Waals surface area contributed by atoms with Gasteiger partial charge in [-0.25, -0.2) is 4.39 Å². The maximum atomic E-state index is 13.5. The minimum absolute atomic E-state index is 0.0488. The molecule has 3 nitrogen and oxygen atoms in total. The zero-order valence-electron chi connectivity index (χ0n) is 12.1. The largest absolute Gasteiger partial charge is 0.493 e. The van der Waals surface area contributed by atoms with Gasteiger partial charge in [-0.2, -0.15) is 0 Å². The second-order valence-electron chi connectivity index (χ2n) is 4.67. The third-order valence-corrected chi connectivity index (χ3v) is 3.19. The van der Waals surface area contributed by atoms with Gasteiger partial charge in [0, 0.05) is 12.8 Å². The van der Waals surface area contributed by atoms with Crippen LogP contribution in [-0.2, 0) is 17.6 Å². The number of benzene rings is 2. The summed E-state index contributed by atoms with van der Waals surface area (Å²) in [6.07, 6.45) is 0.315. The van der Waals surface area contributed by atoms with Crippen LogP contribution >= 0.6 is 0 Å². The summed E-state index contributed by atoms with van der Waals surface area (Å²) in [6, 6.07) is 11.6. The summed E-state index contributed by atoms with van der Waals surface area (Å²) in [4.78, 5) is 12.0. The highest BCUT2D eigenvalue weighted by Crippen LogP contribution is 2.27. The van der Waals surface area contributed by atoms with Crippen molar-refractivity contribution in [2.75, 3.05) is 14.2 Å². The minimum Gasteiger partial charge on any atom is -0.493 e. The molecule has 0 unspecified atom stereocenters. The molecule has 0 saturated heterocycles. The van der Waals surface area contributed by atoms with Crippen molar-refractivity contribution in [3.05, 3.63) is 59.4 Å². The smallest absolute Gasteiger partial charge is 0.161 e. The molecular formula is C17H17FO3. The number of rotatable bonds is 6. The molecule has 4 heteroatoms. The van der Waals surface area contributed by atoms with Crippen LogP contribution < -0.4 is 9.47 Å². The zero-order valence-corrected chi connectivity index (χ0v) is 12.1. The SMILES string of the molecule is COc1ccc(CC(=O)Cc2ccccc2F)cc1OC. The van der Waals surface area contributed by atoms with Gasteiger partial charge >= 0.3 is 0 Å². The first-order valence-corrected chi connectivity index (χ1v) is 6.60. The first kappa shape index (κ1) is 15.0. The molecule has 2 aromatic carbocycles. The molecule has 0 radical (unpaired) electrons. The number of carbonyl (C=O) groups is 1. The number of hydrogen-bond acceptors (Lipinski definition) is 3. The van der Waals surface area contributed by atoms with Gasteiger partial charge < -0.3 is 9.47 Å². The lowest BCUT2D eigenvalue weighted by atomic mass is 10.0. The standard InChI is InChI=1S/C17H17FO3/c1-20-16-8-7-12(10-17(16)21-2)9-14(19)11-13-5-3-4-6-15(13)18/h3-8,10H,9,11H2,1-2H3. The Labute approximate surface area is 123 Å². The van der Waals surface area contributed by atoms with Gasteiger partial charge in [0.1, 0.15) is 11.6 Å². The predicted molar refractivity (Wildman–Crippen MR) is 78.4 cm³/mol. The topological polar surface area (TPSA) is 35.5 Å². The van der Waals surface area contributed by atoms with Crippen LogP contribution in [0.1, 0.15) is 11.1 Å². The van der Waals surface area contributed by atoms with Gasteiger partial charge in [0.25, 0.3) is 0 Å². The maximum Gasteiger partial charge on any atom is 0.161 e. The van der Waals surface area contributed by atoms with Gasteiger partial charge in [-0.3, -0.25) is 4.79 Å². The Morgan fingerprint density at radius 3 is 2.38 bits per heavy atom. The van der Waals surface area contributed by atoms with E-state index in [9.17, 15) is 9.18 Å². The van der Waals surface area contributed by atoms with E-state index in [1.807, 2.05) is 0 Å². The van der Waals surface area contributed by atoms with Gasteiger partial charge in [-0.15, -0.1) is 0 Å². The van der Waals surface area contributed by atoms with Crippen molar-refractivity contribution in [1.82, 2.24) is 0 Å².